The SMILES string of the molecule is CCc1c(CO)cc(-c2csc(-c3ccncc3)n2)c(=O)n1Cc1ccc(OC)cc1. The third kappa shape index (κ3) is 4.28. The van der Waals surface area contributed by atoms with Gasteiger partial charge in [-0.2, -0.15) is 0 Å². The van der Waals surface area contributed by atoms with E-state index < -0.39 is 0 Å². The lowest BCUT2D eigenvalue weighted by Gasteiger charge is -2.17. The summed E-state index contributed by atoms with van der Waals surface area (Å²) in [7, 11) is 1.62. The largest absolute Gasteiger partial charge is 0.497 e. The summed E-state index contributed by atoms with van der Waals surface area (Å²) in [6.07, 6.45) is 4.08. The Labute approximate surface area is 184 Å². The van der Waals surface area contributed by atoms with Crippen molar-refractivity contribution in [1.82, 2.24) is 14.5 Å². The predicted molar refractivity (Wildman–Crippen MR) is 122 cm³/mol. The van der Waals surface area contributed by atoms with Crippen LogP contribution in [-0.2, 0) is 19.6 Å². The van der Waals surface area contributed by atoms with Gasteiger partial charge in [0, 0.05) is 29.0 Å². The molecule has 4 rings (SSSR count). The van der Waals surface area contributed by atoms with Gasteiger partial charge >= 0.3 is 0 Å². The highest BCUT2D eigenvalue weighted by Gasteiger charge is 2.17. The van der Waals surface area contributed by atoms with E-state index in [1.165, 1.54) is 11.3 Å². The molecule has 0 fully saturated rings. The first kappa shape index (κ1) is 21.0. The van der Waals surface area contributed by atoms with E-state index in [1.54, 1.807) is 30.1 Å². The molecule has 1 aromatic carbocycles. The fourth-order valence-electron chi connectivity index (χ4n) is 3.60. The van der Waals surface area contributed by atoms with Crippen LogP contribution in [0.15, 0.2) is 65.0 Å². The van der Waals surface area contributed by atoms with Crippen molar-refractivity contribution >= 4 is 11.3 Å². The number of pyridine rings is 2. The van der Waals surface area contributed by atoms with Crippen LogP contribution in [0.4, 0.5) is 0 Å². The second-order valence-electron chi connectivity index (χ2n) is 7.05. The van der Waals surface area contributed by atoms with Crippen LogP contribution in [0.5, 0.6) is 5.75 Å². The summed E-state index contributed by atoms with van der Waals surface area (Å²) in [5.41, 5.74) is 4.50. The standard InChI is InChI=1S/C24H23N3O3S/c1-3-22-18(14-28)12-20(21-15-31-23(26-21)17-8-10-25-11-9-17)24(29)27(22)13-16-4-6-19(30-2)7-5-16/h4-12,15,28H,3,13-14H2,1-2H3. The van der Waals surface area contributed by atoms with Crippen molar-refractivity contribution in [2.75, 3.05) is 7.11 Å². The average molecular weight is 434 g/mol. The van der Waals surface area contributed by atoms with E-state index in [0.717, 1.165) is 33.1 Å². The van der Waals surface area contributed by atoms with Crippen LogP contribution in [0.3, 0.4) is 0 Å². The Kier molecular flexibility index (Phi) is 6.25. The molecule has 158 valence electrons. The Balaban J connectivity index is 1.79. The van der Waals surface area contributed by atoms with Crippen molar-refractivity contribution in [3.05, 3.63) is 87.4 Å². The average Bonchev–Trinajstić information content (AvgIpc) is 3.31. The van der Waals surface area contributed by atoms with Crippen LogP contribution in [0.1, 0.15) is 23.7 Å². The van der Waals surface area contributed by atoms with E-state index in [9.17, 15) is 9.90 Å². The maximum atomic E-state index is 13.5. The van der Waals surface area contributed by atoms with E-state index in [4.69, 9.17) is 9.72 Å². The number of aliphatic hydroxyl groups is 1. The molecule has 0 spiro atoms. The van der Waals surface area contributed by atoms with Gasteiger partial charge < -0.3 is 14.4 Å². The third-order valence-corrected chi connectivity index (χ3v) is 6.09. The molecule has 3 aromatic heterocycles. The number of benzene rings is 1. The number of ether oxygens (including phenoxy) is 1. The first-order valence-corrected chi connectivity index (χ1v) is 10.9. The van der Waals surface area contributed by atoms with Crippen molar-refractivity contribution < 1.29 is 9.84 Å². The molecule has 3 heterocycles. The smallest absolute Gasteiger partial charge is 0.260 e. The zero-order chi connectivity index (χ0) is 21.8. The van der Waals surface area contributed by atoms with Gasteiger partial charge in [0.1, 0.15) is 10.8 Å². The lowest BCUT2D eigenvalue weighted by Crippen LogP contribution is -2.27. The summed E-state index contributed by atoms with van der Waals surface area (Å²) in [5, 5.41) is 12.7. The van der Waals surface area contributed by atoms with Crippen molar-refractivity contribution in [3.63, 3.8) is 0 Å². The highest BCUT2D eigenvalue weighted by Crippen LogP contribution is 2.28. The number of aliphatic hydroxyl groups excluding tert-OH is 1. The van der Waals surface area contributed by atoms with Gasteiger partial charge in [-0.3, -0.25) is 9.78 Å². The van der Waals surface area contributed by atoms with Gasteiger partial charge in [-0.15, -0.1) is 11.3 Å². The molecule has 4 aromatic rings. The van der Waals surface area contributed by atoms with Crippen LogP contribution in [0.2, 0.25) is 0 Å². The molecule has 31 heavy (non-hydrogen) atoms. The highest BCUT2D eigenvalue weighted by atomic mass is 32.1. The molecule has 0 radical (unpaired) electrons. The van der Waals surface area contributed by atoms with Crippen LogP contribution < -0.4 is 10.3 Å². The molecular weight excluding hydrogens is 410 g/mol. The van der Waals surface area contributed by atoms with Gasteiger partial charge in [-0.1, -0.05) is 19.1 Å². The monoisotopic (exact) mass is 433 g/mol. The van der Waals surface area contributed by atoms with E-state index in [1.807, 2.05) is 48.7 Å². The molecule has 0 aliphatic heterocycles. The quantitative estimate of drug-likeness (QED) is 0.474. The minimum Gasteiger partial charge on any atom is -0.497 e. The van der Waals surface area contributed by atoms with Crippen molar-refractivity contribution in [1.29, 1.82) is 0 Å². The maximum Gasteiger partial charge on any atom is 0.260 e. The number of hydrogen-bond acceptors (Lipinski definition) is 6. The Bertz CT molecular complexity index is 1230. The minimum atomic E-state index is -0.138. The molecule has 0 amide bonds. The van der Waals surface area contributed by atoms with E-state index in [-0.39, 0.29) is 12.2 Å². The molecule has 0 saturated carbocycles. The molecule has 0 unspecified atom stereocenters. The third-order valence-electron chi connectivity index (χ3n) is 5.20. The van der Waals surface area contributed by atoms with Crippen molar-refractivity contribution in [2.24, 2.45) is 0 Å². The van der Waals surface area contributed by atoms with Crippen LogP contribution in [0, 0.1) is 0 Å². The van der Waals surface area contributed by atoms with E-state index in [2.05, 4.69) is 4.98 Å². The summed E-state index contributed by atoms with van der Waals surface area (Å²) in [6.45, 7) is 2.26. The zero-order valence-corrected chi connectivity index (χ0v) is 18.2. The molecule has 6 nitrogen and oxygen atoms in total. The van der Waals surface area contributed by atoms with Crippen LogP contribution in [0.25, 0.3) is 21.8 Å². The predicted octanol–water partition coefficient (Wildman–Crippen LogP) is 4.15. The molecule has 0 atom stereocenters. The number of rotatable bonds is 7. The van der Waals surface area contributed by atoms with E-state index >= 15 is 0 Å². The number of nitrogens with zero attached hydrogens (tertiary/aromatic N) is 3. The fraction of sp³-hybridized carbons (Fsp3) is 0.208. The Morgan fingerprint density at radius 3 is 2.52 bits per heavy atom. The van der Waals surface area contributed by atoms with Gasteiger partial charge in [0.25, 0.3) is 5.56 Å². The van der Waals surface area contributed by atoms with Crippen LogP contribution >= 0.6 is 11.3 Å². The first-order valence-electron chi connectivity index (χ1n) is 10.00. The number of aromatic nitrogens is 3. The Hall–Kier alpha value is -3.29. The summed E-state index contributed by atoms with van der Waals surface area (Å²) in [5.74, 6) is 0.766. The molecule has 0 aliphatic rings. The van der Waals surface area contributed by atoms with Gasteiger partial charge in [0.2, 0.25) is 0 Å². The summed E-state index contributed by atoms with van der Waals surface area (Å²) >= 11 is 1.48. The Morgan fingerprint density at radius 2 is 1.87 bits per heavy atom. The van der Waals surface area contributed by atoms with Gasteiger partial charge in [-0.05, 0) is 47.9 Å². The van der Waals surface area contributed by atoms with Crippen molar-refractivity contribution in [2.45, 2.75) is 26.5 Å². The molecule has 7 heteroatoms. The topological polar surface area (TPSA) is 77.2 Å². The lowest BCUT2D eigenvalue weighted by atomic mass is 10.1. The van der Waals surface area contributed by atoms with Gasteiger partial charge in [-0.25, -0.2) is 4.98 Å². The Morgan fingerprint density at radius 1 is 1.13 bits per heavy atom. The lowest BCUT2D eigenvalue weighted by molar-refractivity contribution is 0.279. The van der Waals surface area contributed by atoms with Gasteiger partial charge in [0.15, 0.2) is 0 Å². The number of hydrogen-bond donors (Lipinski definition) is 1. The summed E-state index contributed by atoms with van der Waals surface area (Å²) in [4.78, 5) is 22.2. The second-order valence-corrected chi connectivity index (χ2v) is 7.91. The zero-order valence-electron chi connectivity index (χ0n) is 17.4. The highest BCUT2D eigenvalue weighted by molar-refractivity contribution is 7.13. The molecule has 0 bridgehead atoms. The second kappa shape index (κ2) is 9.24. The van der Waals surface area contributed by atoms with E-state index in [0.29, 0.717) is 24.2 Å². The normalized spacial score (nSPS) is 10.9. The minimum absolute atomic E-state index is 0.114. The van der Waals surface area contributed by atoms with Gasteiger partial charge in [0.05, 0.1) is 31.5 Å². The number of thiazole rings is 1. The molecule has 1 N–H and O–H groups in total. The summed E-state index contributed by atoms with van der Waals surface area (Å²) < 4.78 is 6.97. The molecule has 0 saturated heterocycles. The molecular formula is C24H23N3O3S. The number of methoxy groups -OCH3 is 1. The first-order chi connectivity index (χ1) is 15.1. The van der Waals surface area contributed by atoms with Crippen LogP contribution in [-0.4, -0.2) is 26.8 Å². The molecule has 0 aliphatic carbocycles. The fourth-order valence-corrected chi connectivity index (χ4v) is 4.43. The van der Waals surface area contributed by atoms with Crippen molar-refractivity contribution in [3.8, 4) is 27.6 Å². The maximum absolute atomic E-state index is 13.5. The summed E-state index contributed by atoms with van der Waals surface area (Å²) in [6, 6.07) is 13.2.